The predicted molar refractivity (Wildman–Crippen MR) is 151 cm³/mol. The van der Waals surface area contributed by atoms with Crippen LogP contribution in [0.1, 0.15) is 65.7 Å². The Hall–Kier alpha value is -3.38. The molecule has 1 heterocycles. The molecule has 1 saturated carbocycles. The van der Waals surface area contributed by atoms with Crippen molar-refractivity contribution in [2.24, 2.45) is 0 Å². The molecule has 2 aromatic carbocycles. The fourth-order valence-electron chi connectivity index (χ4n) is 5.30. The summed E-state index contributed by atoms with van der Waals surface area (Å²) in [5.41, 5.74) is 4.06. The highest BCUT2D eigenvalue weighted by atomic mass is 16.5. The molecule has 4 rings (SSSR count). The number of hydrogen-bond donors (Lipinski definition) is 0. The van der Waals surface area contributed by atoms with E-state index in [4.69, 9.17) is 4.74 Å². The van der Waals surface area contributed by atoms with E-state index in [2.05, 4.69) is 47.2 Å². The second kappa shape index (κ2) is 14.0. The lowest BCUT2D eigenvalue weighted by Crippen LogP contribution is -2.48. The van der Waals surface area contributed by atoms with Crippen LogP contribution in [-0.2, 0) is 22.6 Å². The molecule has 0 bridgehead atoms. The van der Waals surface area contributed by atoms with Gasteiger partial charge in [-0.1, -0.05) is 67.3 Å². The highest BCUT2D eigenvalue weighted by Gasteiger charge is 2.29. The number of rotatable bonds is 12. The smallest absolute Gasteiger partial charge is 0.254 e. The van der Waals surface area contributed by atoms with Crippen molar-refractivity contribution in [3.05, 3.63) is 95.3 Å². The normalized spacial score (nSPS) is 13.8. The van der Waals surface area contributed by atoms with Gasteiger partial charge in [0.25, 0.3) is 5.91 Å². The minimum Gasteiger partial charge on any atom is -0.385 e. The van der Waals surface area contributed by atoms with Crippen molar-refractivity contribution in [1.82, 2.24) is 14.4 Å². The lowest BCUT2D eigenvalue weighted by Gasteiger charge is -2.36. The molecular weight excluding hydrogens is 474 g/mol. The van der Waals surface area contributed by atoms with Crippen molar-refractivity contribution < 1.29 is 14.3 Å². The van der Waals surface area contributed by atoms with E-state index < -0.39 is 0 Å². The van der Waals surface area contributed by atoms with Gasteiger partial charge in [-0.15, -0.1) is 0 Å². The summed E-state index contributed by atoms with van der Waals surface area (Å²) in [6, 6.07) is 22.3. The largest absolute Gasteiger partial charge is 0.385 e. The summed E-state index contributed by atoms with van der Waals surface area (Å²) >= 11 is 0. The van der Waals surface area contributed by atoms with Crippen molar-refractivity contribution in [3.8, 4) is 0 Å². The van der Waals surface area contributed by atoms with Crippen LogP contribution >= 0.6 is 0 Å². The summed E-state index contributed by atoms with van der Waals surface area (Å²) in [6.07, 6.45) is 8.30. The van der Waals surface area contributed by atoms with Crippen LogP contribution < -0.4 is 0 Å². The van der Waals surface area contributed by atoms with Gasteiger partial charge in [0.2, 0.25) is 5.91 Å². The summed E-state index contributed by atoms with van der Waals surface area (Å²) < 4.78 is 7.47. The quantitative estimate of drug-likeness (QED) is 0.292. The number of nitrogens with zero attached hydrogens (tertiary/aromatic N) is 3. The third kappa shape index (κ3) is 7.57. The Labute approximate surface area is 227 Å². The second-order valence-corrected chi connectivity index (χ2v) is 10.4. The molecule has 1 aliphatic rings. The third-order valence-corrected chi connectivity index (χ3v) is 7.48. The SMILES string of the molecule is COCCCN(CC(=O)N(Cc1cccn1Cc1ccccc1)C1CCCCC1)C(=O)c1ccc(C)cc1. The number of aryl methyl sites for hydroxylation is 1. The van der Waals surface area contributed by atoms with Crippen LogP contribution in [0.5, 0.6) is 0 Å². The molecule has 3 aromatic rings. The lowest BCUT2D eigenvalue weighted by molar-refractivity contribution is -0.135. The minimum absolute atomic E-state index is 0.0160. The molecule has 0 atom stereocenters. The highest BCUT2D eigenvalue weighted by Crippen LogP contribution is 2.25. The van der Waals surface area contributed by atoms with Gasteiger partial charge in [-0.2, -0.15) is 0 Å². The van der Waals surface area contributed by atoms with Crippen molar-refractivity contribution >= 4 is 11.8 Å². The summed E-state index contributed by atoms with van der Waals surface area (Å²) in [4.78, 5) is 31.2. The fraction of sp³-hybridized carbons (Fsp3) is 0.438. The summed E-state index contributed by atoms with van der Waals surface area (Å²) in [5, 5.41) is 0. The number of hydrogen-bond acceptors (Lipinski definition) is 3. The van der Waals surface area contributed by atoms with Gasteiger partial charge in [-0.3, -0.25) is 9.59 Å². The maximum atomic E-state index is 14.0. The molecule has 2 amide bonds. The number of aromatic nitrogens is 1. The van der Waals surface area contributed by atoms with Crippen molar-refractivity contribution in [2.75, 3.05) is 26.8 Å². The van der Waals surface area contributed by atoms with E-state index in [1.165, 1.54) is 12.0 Å². The first-order valence-electron chi connectivity index (χ1n) is 13.9. The van der Waals surface area contributed by atoms with Gasteiger partial charge >= 0.3 is 0 Å². The molecule has 202 valence electrons. The van der Waals surface area contributed by atoms with Gasteiger partial charge in [-0.25, -0.2) is 0 Å². The standard InChI is InChI=1S/C32H41N3O3/c1-26-16-18-28(19-17-26)32(37)34(21-10-22-38-2)25-31(36)35(29-13-7-4-8-14-29)24-30-15-9-20-33(30)23-27-11-5-3-6-12-27/h3,5-6,9,11-12,15-20,29H,4,7-8,10,13-14,21-25H2,1-2H3. The summed E-state index contributed by atoms with van der Waals surface area (Å²) in [6.45, 7) is 4.43. The molecule has 0 saturated heterocycles. The second-order valence-electron chi connectivity index (χ2n) is 10.4. The first kappa shape index (κ1) is 27.6. The van der Waals surface area contributed by atoms with Crippen LogP contribution in [0, 0.1) is 6.92 Å². The van der Waals surface area contributed by atoms with Gasteiger partial charge in [-0.05, 0) is 56.0 Å². The van der Waals surface area contributed by atoms with Crippen molar-refractivity contribution in [2.45, 2.75) is 64.6 Å². The van der Waals surface area contributed by atoms with Crippen LogP contribution in [0.2, 0.25) is 0 Å². The minimum atomic E-state index is -0.106. The number of carbonyl (C=O) groups is 2. The Balaban J connectivity index is 1.54. The number of methoxy groups -OCH3 is 1. The van der Waals surface area contributed by atoms with Crippen molar-refractivity contribution in [1.29, 1.82) is 0 Å². The average Bonchev–Trinajstić information content (AvgIpc) is 3.38. The molecule has 6 nitrogen and oxygen atoms in total. The number of amides is 2. The maximum Gasteiger partial charge on any atom is 0.254 e. The highest BCUT2D eigenvalue weighted by molar-refractivity contribution is 5.96. The van der Waals surface area contributed by atoms with Gasteiger partial charge < -0.3 is 19.1 Å². The Kier molecular flexibility index (Phi) is 10.2. The van der Waals surface area contributed by atoms with Gasteiger partial charge in [0.05, 0.1) is 6.54 Å². The Morgan fingerprint density at radius 3 is 2.39 bits per heavy atom. The molecule has 0 radical (unpaired) electrons. The number of benzene rings is 2. The third-order valence-electron chi connectivity index (χ3n) is 7.48. The van der Waals surface area contributed by atoms with E-state index in [-0.39, 0.29) is 24.4 Å². The molecule has 0 spiro atoms. The molecule has 1 fully saturated rings. The fourth-order valence-corrected chi connectivity index (χ4v) is 5.30. The first-order valence-corrected chi connectivity index (χ1v) is 13.9. The zero-order valence-corrected chi connectivity index (χ0v) is 22.9. The number of ether oxygens (including phenoxy) is 1. The van der Waals surface area contributed by atoms with Gasteiger partial charge in [0.1, 0.15) is 6.54 Å². The van der Waals surface area contributed by atoms with Crippen LogP contribution in [0.15, 0.2) is 72.9 Å². The zero-order chi connectivity index (χ0) is 26.7. The van der Waals surface area contributed by atoms with Crippen LogP contribution in [-0.4, -0.2) is 59.0 Å². The summed E-state index contributed by atoms with van der Waals surface area (Å²) in [7, 11) is 1.66. The first-order chi connectivity index (χ1) is 18.5. The molecule has 0 aliphatic heterocycles. The van der Waals surface area contributed by atoms with Crippen LogP contribution in [0.3, 0.4) is 0 Å². The van der Waals surface area contributed by atoms with E-state index >= 15 is 0 Å². The van der Waals surface area contributed by atoms with E-state index in [9.17, 15) is 9.59 Å². The Morgan fingerprint density at radius 1 is 0.947 bits per heavy atom. The average molecular weight is 516 g/mol. The monoisotopic (exact) mass is 515 g/mol. The van der Waals surface area contributed by atoms with Crippen LogP contribution in [0.25, 0.3) is 0 Å². The number of carbonyl (C=O) groups excluding carboxylic acids is 2. The lowest BCUT2D eigenvalue weighted by atomic mass is 9.94. The Morgan fingerprint density at radius 2 is 1.68 bits per heavy atom. The molecule has 1 aromatic heterocycles. The van der Waals surface area contributed by atoms with E-state index in [0.717, 1.165) is 43.5 Å². The molecule has 6 heteroatoms. The molecule has 0 unspecified atom stereocenters. The van der Waals surface area contributed by atoms with E-state index in [0.29, 0.717) is 31.7 Å². The van der Waals surface area contributed by atoms with Crippen molar-refractivity contribution in [3.63, 3.8) is 0 Å². The van der Waals surface area contributed by atoms with Crippen LogP contribution in [0.4, 0.5) is 0 Å². The maximum absolute atomic E-state index is 14.0. The molecule has 1 aliphatic carbocycles. The van der Waals surface area contributed by atoms with Gasteiger partial charge in [0.15, 0.2) is 0 Å². The van der Waals surface area contributed by atoms with Gasteiger partial charge in [0, 0.05) is 50.3 Å². The molecular formula is C32H41N3O3. The van der Waals surface area contributed by atoms with E-state index in [1.807, 2.05) is 42.2 Å². The molecule has 0 N–H and O–H groups in total. The predicted octanol–water partition coefficient (Wildman–Crippen LogP) is 5.69. The van der Waals surface area contributed by atoms with E-state index in [1.54, 1.807) is 12.0 Å². The topological polar surface area (TPSA) is 54.8 Å². The zero-order valence-electron chi connectivity index (χ0n) is 22.9. The Bertz CT molecular complexity index is 1150. The molecule has 38 heavy (non-hydrogen) atoms. The summed E-state index contributed by atoms with van der Waals surface area (Å²) in [5.74, 6) is -0.0901.